The molecule has 18 nitrogen and oxygen atoms in total. The van der Waals surface area contributed by atoms with E-state index < -0.39 is 146 Å². The molecular formula is C28H38O18Se2. The minimum atomic E-state index is -1.40. The van der Waals surface area contributed by atoms with Crippen LogP contribution in [0.5, 0.6) is 0 Å². The zero-order valence-electron chi connectivity index (χ0n) is 27.4. The van der Waals surface area contributed by atoms with E-state index in [1.54, 1.807) is 0 Å². The van der Waals surface area contributed by atoms with Crippen LogP contribution in [0.4, 0.5) is 0 Å². The number of hydrogen-bond acceptors (Lipinski definition) is 18. The third-order valence-electron chi connectivity index (χ3n) is 6.14. The molecule has 270 valence electrons. The predicted octanol–water partition coefficient (Wildman–Crippen LogP) is -1.52. The van der Waals surface area contributed by atoms with Crippen molar-refractivity contribution in [2.45, 2.75) is 114 Å². The third kappa shape index (κ3) is 13.0. The Kier molecular flexibility index (Phi) is 16.2. The van der Waals surface area contributed by atoms with Gasteiger partial charge in [0.05, 0.1) is 0 Å². The first-order chi connectivity index (χ1) is 22.4. The van der Waals surface area contributed by atoms with Crippen LogP contribution in [-0.4, -0.2) is 146 Å². The Bertz CT molecular complexity index is 1130. The van der Waals surface area contributed by atoms with E-state index in [2.05, 4.69) is 0 Å². The van der Waals surface area contributed by atoms with Gasteiger partial charge < -0.3 is 0 Å². The van der Waals surface area contributed by atoms with Gasteiger partial charge in [0.25, 0.3) is 0 Å². The Morgan fingerprint density at radius 3 is 0.896 bits per heavy atom. The van der Waals surface area contributed by atoms with Crippen molar-refractivity contribution in [2.75, 3.05) is 13.2 Å². The van der Waals surface area contributed by atoms with E-state index in [1.807, 2.05) is 0 Å². The Hall–Kier alpha value is -3.28. The molecule has 48 heavy (non-hydrogen) atoms. The molecule has 0 aromatic rings. The van der Waals surface area contributed by atoms with Crippen LogP contribution in [0.15, 0.2) is 0 Å². The van der Waals surface area contributed by atoms with Crippen LogP contribution in [0.3, 0.4) is 0 Å². The molecule has 0 unspecified atom stereocenters. The topological polar surface area (TPSA) is 229 Å². The van der Waals surface area contributed by atoms with Gasteiger partial charge in [-0.25, -0.2) is 0 Å². The summed E-state index contributed by atoms with van der Waals surface area (Å²) in [7, 11) is 0. The van der Waals surface area contributed by atoms with Gasteiger partial charge in [-0.2, -0.15) is 0 Å². The quantitative estimate of drug-likeness (QED) is 0.117. The van der Waals surface area contributed by atoms with Crippen LogP contribution >= 0.6 is 0 Å². The normalized spacial score (nSPS) is 29.7. The zero-order valence-corrected chi connectivity index (χ0v) is 30.8. The summed E-state index contributed by atoms with van der Waals surface area (Å²) in [6.07, 6.45) is -10.6. The molecule has 2 rings (SSSR count). The van der Waals surface area contributed by atoms with Crippen molar-refractivity contribution in [1.29, 1.82) is 0 Å². The van der Waals surface area contributed by atoms with Crippen molar-refractivity contribution in [3.63, 3.8) is 0 Å². The first-order valence-electron chi connectivity index (χ1n) is 14.3. The van der Waals surface area contributed by atoms with E-state index in [1.165, 1.54) is 0 Å². The van der Waals surface area contributed by atoms with E-state index in [0.29, 0.717) is 0 Å². The molecule has 0 aliphatic carbocycles. The fraction of sp³-hybridized carbons (Fsp3) is 0.714. The molecule has 2 saturated heterocycles. The number of rotatable bonds is 13. The maximum atomic E-state index is 12.2. The van der Waals surface area contributed by atoms with Crippen LogP contribution in [0.25, 0.3) is 0 Å². The van der Waals surface area contributed by atoms with Gasteiger partial charge in [-0.1, -0.05) is 0 Å². The first-order valence-corrected chi connectivity index (χ1v) is 20.6. The van der Waals surface area contributed by atoms with Gasteiger partial charge in [-0.15, -0.1) is 0 Å². The molecule has 0 radical (unpaired) electrons. The van der Waals surface area contributed by atoms with Crippen LogP contribution in [0, 0.1) is 0 Å². The molecule has 20 heteroatoms. The zero-order chi connectivity index (χ0) is 36.3. The van der Waals surface area contributed by atoms with Crippen LogP contribution in [0.2, 0.25) is 0 Å². The van der Waals surface area contributed by atoms with Crippen molar-refractivity contribution in [3.05, 3.63) is 0 Å². The van der Waals surface area contributed by atoms with Gasteiger partial charge in [0.2, 0.25) is 0 Å². The predicted molar refractivity (Wildman–Crippen MR) is 155 cm³/mol. The summed E-state index contributed by atoms with van der Waals surface area (Å²) in [5.74, 6) is -6.15. The summed E-state index contributed by atoms with van der Waals surface area (Å²) in [6.45, 7) is 8.00. The van der Waals surface area contributed by atoms with Gasteiger partial charge in [0.1, 0.15) is 0 Å². The molecule has 2 aliphatic heterocycles. The molecule has 2 aliphatic rings. The second-order valence-corrected chi connectivity index (χ2v) is 17.3. The van der Waals surface area contributed by atoms with Crippen LogP contribution in [-0.2, 0) is 85.7 Å². The molecule has 2 fully saturated rings. The van der Waals surface area contributed by atoms with Gasteiger partial charge in [-0.05, 0) is 0 Å². The van der Waals surface area contributed by atoms with Gasteiger partial charge in [-0.3, -0.25) is 0 Å². The molecule has 0 N–H and O–H groups in total. The molecule has 0 amide bonds. The molecule has 0 aromatic heterocycles. The number of carbonyl (C=O) groups is 8. The summed E-state index contributed by atoms with van der Waals surface area (Å²) in [6, 6.07) is 0. The summed E-state index contributed by atoms with van der Waals surface area (Å²) in [5, 5.41) is -2.13. The Morgan fingerprint density at radius 2 is 0.646 bits per heavy atom. The first kappa shape index (κ1) is 40.9. The van der Waals surface area contributed by atoms with E-state index >= 15 is 0 Å². The van der Waals surface area contributed by atoms with Gasteiger partial charge in [0, 0.05) is 0 Å². The Morgan fingerprint density at radius 1 is 0.396 bits per heavy atom. The number of ether oxygens (including phenoxy) is 10. The molecule has 0 bridgehead atoms. The van der Waals surface area contributed by atoms with Crippen LogP contribution < -0.4 is 0 Å². The molecular weight excluding hydrogens is 782 g/mol. The summed E-state index contributed by atoms with van der Waals surface area (Å²) in [5.41, 5.74) is 0. The number of hydrogen-bond donors (Lipinski definition) is 0. The molecule has 10 atom stereocenters. The van der Waals surface area contributed by atoms with Gasteiger partial charge in [0.15, 0.2) is 0 Å². The molecule has 0 aromatic carbocycles. The summed E-state index contributed by atoms with van der Waals surface area (Å²) < 4.78 is 55.4. The molecule has 0 spiro atoms. The van der Waals surface area contributed by atoms with Crippen molar-refractivity contribution in [3.8, 4) is 0 Å². The van der Waals surface area contributed by atoms with E-state index in [4.69, 9.17) is 47.4 Å². The Labute approximate surface area is 286 Å². The van der Waals surface area contributed by atoms with E-state index in [-0.39, 0.29) is 0 Å². The van der Waals surface area contributed by atoms with Crippen molar-refractivity contribution >= 4 is 74.0 Å². The second kappa shape index (κ2) is 19.0. The van der Waals surface area contributed by atoms with Gasteiger partial charge >= 0.3 is 287 Å². The SMILES string of the molecule is CC(=O)OC[C@H]1O[C@@H]([Se][Se][C@@H]2O[C@H](COC(C)=O)[C@H](OC(C)=O)[C@H](OC(C)=O)[C@H]2OC(C)=O)[C@H](OC(C)=O)[C@@H](OC(C)=O)[C@H]1OC(C)=O. The number of esters is 8. The van der Waals surface area contributed by atoms with Crippen molar-refractivity contribution in [2.24, 2.45) is 0 Å². The second-order valence-electron chi connectivity index (χ2n) is 10.3. The average Bonchev–Trinajstić information content (AvgIpc) is 2.93. The molecule has 2 heterocycles. The third-order valence-corrected chi connectivity index (χ3v) is 14.1. The molecule has 0 saturated carbocycles. The maximum absolute atomic E-state index is 12.2. The minimum absolute atomic E-state index is 0.434. The average molecular weight is 821 g/mol. The summed E-state index contributed by atoms with van der Waals surface area (Å²) >= 11 is -1.63. The van der Waals surface area contributed by atoms with Crippen molar-refractivity contribution < 1.29 is 85.7 Å². The monoisotopic (exact) mass is 822 g/mol. The number of carbonyl (C=O) groups excluding carboxylic acids is 8. The Balaban J connectivity index is 2.57. The van der Waals surface area contributed by atoms with Crippen LogP contribution in [0.1, 0.15) is 55.4 Å². The standard InChI is InChI=1S/C28H38O18Se2/c1-11(29)37-9-19-21(39-13(3)31)23(41-15(5)33)25(43-17(7)35)27(45-19)47-48-28-26(44-18(8)36)24(42-16(6)34)22(40-14(4)32)20(46-28)10-38-12(2)30/h19-28H,9-10H2,1-8H3/t19-,20-,21+,22+,23+,24+,25-,26-,27+,28+/m1/s1. The van der Waals surface area contributed by atoms with Crippen molar-refractivity contribution in [1.82, 2.24) is 0 Å². The fourth-order valence-corrected chi connectivity index (χ4v) is 13.0. The van der Waals surface area contributed by atoms with E-state index in [0.717, 1.165) is 55.4 Å². The van der Waals surface area contributed by atoms with E-state index in [9.17, 15) is 38.4 Å². The fourth-order valence-electron chi connectivity index (χ4n) is 4.64. The summed E-state index contributed by atoms with van der Waals surface area (Å²) in [4.78, 5) is 96.2.